The van der Waals surface area contributed by atoms with Gasteiger partial charge in [0.25, 0.3) is 0 Å². The Hall–Kier alpha value is -1.77. The van der Waals surface area contributed by atoms with E-state index in [1.807, 2.05) is 12.1 Å². The zero-order valence-electron chi connectivity index (χ0n) is 11.9. The fourth-order valence-electron chi connectivity index (χ4n) is 2.76. The van der Waals surface area contributed by atoms with Gasteiger partial charge in [-0.05, 0) is 50.5 Å². The second kappa shape index (κ2) is 5.47. The second-order valence-corrected chi connectivity index (χ2v) is 4.95. The second-order valence-electron chi connectivity index (χ2n) is 4.95. The van der Waals surface area contributed by atoms with Crippen molar-refractivity contribution >= 4 is 16.9 Å². The molecule has 2 aromatic rings. The van der Waals surface area contributed by atoms with E-state index in [2.05, 4.69) is 25.3 Å². The van der Waals surface area contributed by atoms with Gasteiger partial charge < -0.3 is 9.67 Å². The highest BCUT2D eigenvalue weighted by Crippen LogP contribution is 2.28. The molecule has 2 rings (SSSR count). The highest BCUT2D eigenvalue weighted by molar-refractivity contribution is 5.95. The normalized spacial score (nSPS) is 11.1. The number of hydrogen-bond acceptors (Lipinski definition) is 1. The summed E-state index contributed by atoms with van der Waals surface area (Å²) < 4.78 is 2.27. The van der Waals surface area contributed by atoms with Crippen molar-refractivity contribution in [1.29, 1.82) is 0 Å². The van der Waals surface area contributed by atoms with E-state index in [0.29, 0.717) is 5.56 Å². The summed E-state index contributed by atoms with van der Waals surface area (Å²) in [7, 11) is 0. The van der Waals surface area contributed by atoms with Crippen LogP contribution in [0.2, 0.25) is 0 Å². The van der Waals surface area contributed by atoms with Crippen LogP contribution in [0.3, 0.4) is 0 Å². The molecule has 0 aliphatic carbocycles. The number of rotatable bonds is 5. The molecule has 0 amide bonds. The Morgan fingerprint density at radius 3 is 2.63 bits per heavy atom. The number of fused-ring (bicyclic) bond motifs is 1. The van der Waals surface area contributed by atoms with E-state index < -0.39 is 5.97 Å². The molecular formula is C16H21NO2. The monoisotopic (exact) mass is 259 g/mol. The molecule has 3 nitrogen and oxygen atoms in total. The van der Waals surface area contributed by atoms with E-state index in [0.717, 1.165) is 36.7 Å². The van der Waals surface area contributed by atoms with Crippen molar-refractivity contribution in [1.82, 2.24) is 4.57 Å². The van der Waals surface area contributed by atoms with Crippen LogP contribution in [0.15, 0.2) is 18.2 Å². The lowest BCUT2D eigenvalue weighted by Crippen LogP contribution is -1.98. The molecule has 0 fully saturated rings. The quantitative estimate of drug-likeness (QED) is 0.881. The van der Waals surface area contributed by atoms with Gasteiger partial charge in [-0.3, -0.25) is 0 Å². The SMILES string of the molecule is CCCCc1c(C)n(CC)c2ccc(C(=O)O)cc12. The molecule has 3 heteroatoms. The van der Waals surface area contributed by atoms with Crippen molar-refractivity contribution in [3.8, 4) is 0 Å². The highest BCUT2D eigenvalue weighted by Gasteiger charge is 2.14. The van der Waals surface area contributed by atoms with E-state index in [4.69, 9.17) is 5.11 Å². The Bertz CT molecular complexity index is 611. The standard InChI is InChI=1S/C16H21NO2/c1-4-6-7-13-11(3)17(5-2)15-9-8-12(16(18)19)10-14(13)15/h8-10H,4-7H2,1-3H3,(H,18,19). The Morgan fingerprint density at radius 1 is 1.32 bits per heavy atom. The van der Waals surface area contributed by atoms with E-state index in [1.165, 1.54) is 11.3 Å². The van der Waals surface area contributed by atoms with Crippen LogP contribution in [-0.4, -0.2) is 15.6 Å². The van der Waals surface area contributed by atoms with Gasteiger partial charge in [-0.1, -0.05) is 13.3 Å². The van der Waals surface area contributed by atoms with Crippen LogP contribution in [0.5, 0.6) is 0 Å². The minimum atomic E-state index is -0.856. The Balaban J connectivity index is 2.65. The van der Waals surface area contributed by atoms with Gasteiger partial charge in [0.2, 0.25) is 0 Å². The van der Waals surface area contributed by atoms with E-state index in [1.54, 1.807) is 6.07 Å². The fourth-order valence-corrected chi connectivity index (χ4v) is 2.76. The number of hydrogen-bond donors (Lipinski definition) is 1. The lowest BCUT2D eigenvalue weighted by atomic mass is 10.0. The summed E-state index contributed by atoms with van der Waals surface area (Å²) in [5, 5.41) is 10.2. The minimum absolute atomic E-state index is 0.374. The van der Waals surface area contributed by atoms with Crippen LogP contribution in [0.4, 0.5) is 0 Å². The van der Waals surface area contributed by atoms with Crippen LogP contribution in [0.25, 0.3) is 10.9 Å². The fraction of sp³-hybridized carbons (Fsp3) is 0.438. The molecule has 1 aromatic carbocycles. The average molecular weight is 259 g/mol. The number of unbranched alkanes of at least 4 members (excludes halogenated alkanes) is 1. The van der Waals surface area contributed by atoms with Crippen molar-refractivity contribution in [2.45, 2.75) is 46.6 Å². The number of benzene rings is 1. The van der Waals surface area contributed by atoms with Gasteiger partial charge in [-0.25, -0.2) is 4.79 Å². The Morgan fingerprint density at radius 2 is 2.05 bits per heavy atom. The van der Waals surface area contributed by atoms with Crippen LogP contribution in [0.1, 0.15) is 48.3 Å². The number of carboxylic acid groups (broad SMARTS) is 1. The van der Waals surface area contributed by atoms with Gasteiger partial charge in [-0.2, -0.15) is 0 Å². The molecule has 0 bridgehead atoms. The Labute approximate surface area is 113 Å². The summed E-state index contributed by atoms with van der Waals surface area (Å²) in [4.78, 5) is 11.1. The van der Waals surface area contributed by atoms with Gasteiger partial charge in [-0.15, -0.1) is 0 Å². The van der Waals surface area contributed by atoms with E-state index in [-0.39, 0.29) is 0 Å². The van der Waals surface area contributed by atoms with Gasteiger partial charge >= 0.3 is 5.97 Å². The first-order chi connectivity index (χ1) is 9.10. The maximum absolute atomic E-state index is 11.1. The van der Waals surface area contributed by atoms with Gasteiger partial charge in [0.1, 0.15) is 0 Å². The summed E-state index contributed by atoms with van der Waals surface area (Å²) in [5.74, 6) is -0.856. The highest BCUT2D eigenvalue weighted by atomic mass is 16.4. The molecule has 19 heavy (non-hydrogen) atoms. The number of aryl methyl sites for hydroxylation is 2. The van der Waals surface area contributed by atoms with Crippen LogP contribution in [0, 0.1) is 6.92 Å². The lowest BCUT2D eigenvalue weighted by Gasteiger charge is -2.04. The van der Waals surface area contributed by atoms with Crippen molar-refractivity contribution in [2.75, 3.05) is 0 Å². The van der Waals surface area contributed by atoms with E-state index in [9.17, 15) is 4.79 Å². The molecule has 1 N–H and O–H groups in total. The molecule has 0 atom stereocenters. The van der Waals surface area contributed by atoms with Crippen molar-refractivity contribution in [2.24, 2.45) is 0 Å². The molecule has 0 radical (unpaired) electrons. The molecule has 0 saturated carbocycles. The van der Waals surface area contributed by atoms with Crippen LogP contribution < -0.4 is 0 Å². The molecular weight excluding hydrogens is 238 g/mol. The maximum Gasteiger partial charge on any atom is 0.335 e. The van der Waals surface area contributed by atoms with E-state index >= 15 is 0 Å². The molecule has 0 aliphatic rings. The van der Waals surface area contributed by atoms with Gasteiger partial charge in [0.15, 0.2) is 0 Å². The Kier molecular flexibility index (Phi) is 3.93. The zero-order chi connectivity index (χ0) is 14.0. The zero-order valence-corrected chi connectivity index (χ0v) is 11.9. The number of aromatic nitrogens is 1. The lowest BCUT2D eigenvalue weighted by molar-refractivity contribution is 0.0697. The molecule has 1 heterocycles. The largest absolute Gasteiger partial charge is 0.478 e. The van der Waals surface area contributed by atoms with Crippen LogP contribution in [-0.2, 0) is 13.0 Å². The summed E-state index contributed by atoms with van der Waals surface area (Å²) in [6, 6.07) is 5.45. The molecule has 1 aromatic heterocycles. The summed E-state index contributed by atoms with van der Waals surface area (Å²) in [5.41, 5.74) is 4.10. The third-order valence-corrected chi connectivity index (χ3v) is 3.80. The van der Waals surface area contributed by atoms with Crippen molar-refractivity contribution in [3.05, 3.63) is 35.0 Å². The first kappa shape index (κ1) is 13.7. The predicted molar refractivity (Wildman–Crippen MR) is 77.9 cm³/mol. The van der Waals surface area contributed by atoms with Crippen molar-refractivity contribution in [3.63, 3.8) is 0 Å². The van der Waals surface area contributed by atoms with Crippen molar-refractivity contribution < 1.29 is 9.90 Å². The molecule has 0 unspecified atom stereocenters. The summed E-state index contributed by atoms with van der Waals surface area (Å²) in [6.45, 7) is 7.36. The number of aromatic carboxylic acids is 1. The molecule has 0 spiro atoms. The summed E-state index contributed by atoms with van der Waals surface area (Å²) in [6.07, 6.45) is 3.31. The first-order valence-corrected chi connectivity index (χ1v) is 6.95. The molecule has 0 aliphatic heterocycles. The maximum atomic E-state index is 11.1. The third kappa shape index (κ3) is 2.37. The molecule has 0 saturated heterocycles. The third-order valence-electron chi connectivity index (χ3n) is 3.80. The number of carbonyl (C=O) groups is 1. The predicted octanol–water partition coefficient (Wildman–Crippen LogP) is 4.01. The van der Waals surface area contributed by atoms with Gasteiger partial charge in [0, 0.05) is 23.1 Å². The van der Waals surface area contributed by atoms with Crippen LogP contribution >= 0.6 is 0 Å². The average Bonchev–Trinajstić information content (AvgIpc) is 2.67. The number of nitrogens with zero attached hydrogens (tertiary/aromatic N) is 1. The first-order valence-electron chi connectivity index (χ1n) is 6.95. The molecule has 102 valence electrons. The van der Waals surface area contributed by atoms with Gasteiger partial charge in [0.05, 0.1) is 5.56 Å². The minimum Gasteiger partial charge on any atom is -0.478 e. The number of carboxylic acids is 1. The summed E-state index contributed by atoms with van der Waals surface area (Å²) >= 11 is 0. The smallest absolute Gasteiger partial charge is 0.335 e. The topological polar surface area (TPSA) is 42.2 Å².